The van der Waals surface area contributed by atoms with Gasteiger partial charge in [0.05, 0.1) is 0 Å². The maximum atomic E-state index is 13.3. The second kappa shape index (κ2) is 10.7. The third kappa shape index (κ3) is 5.11. The van der Waals surface area contributed by atoms with Gasteiger partial charge in [0.2, 0.25) is 0 Å². The minimum Gasteiger partial charge on any atom is -0.489 e. The van der Waals surface area contributed by atoms with E-state index in [4.69, 9.17) is 4.74 Å². The van der Waals surface area contributed by atoms with Crippen LogP contribution in [-0.2, 0) is 16.2 Å². The lowest BCUT2D eigenvalue weighted by Gasteiger charge is -2.35. The van der Waals surface area contributed by atoms with Gasteiger partial charge in [-0.3, -0.25) is 19.8 Å². The number of ether oxygens (including phenoxy) is 1. The molecule has 1 aliphatic heterocycles. The van der Waals surface area contributed by atoms with Crippen molar-refractivity contribution in [1.82, 2.24) is 14.8 Å². The largest absolute Gasteiger partial charge is 0.489 e. The number of amides is 4. The van der Waals surface area contributed by atoms with E-state index in [1.165, 1.54) is 17.0 Å². The summed E-state index contributed by atoms with van der Waals surface area (Å²) in [5.41, 5.74) is 4.26. The summed E-state index contributed by atoms with van der Waals surface area (Å²) in [5, 5.41) is 2.35. The Morgan fingerprint density at radius 3 is 2.34 bits per heavy atom. The van der Waals surface area contributed by atoms with Crippen molar-refractivity contribution >= 4 is 23.9 Å². The van der Waals surface area contributed by atoms with E-state index in [9.17, 15) is 18.8 Å². The Labute approximate surface area is 220 Å². The second-order valence-corrected chi connectivity index (χ2v) is 9.86. The summed E-state index contributed by atoms with van der Waals surface area (Å²) < 4.78 is 21.0. The Bertz CT molecular complexity index is 1400. The van der Waals surface area contributed by atoms with Gasteiger partial charge in [-0.2, -0.15) is 0 Å². The number of benzene rings is 2. The number of halogens is 1. The number of aromatic nitrogens is 1. The molecule has 2 aliphatic rings. The average molecular weight is 516 g/mol. The van der Waals surface area contributed by atoms with Crippen LogP contribution in [0, 0.1) is 19.7 Å². The van der Waals surface area contributed by atoms with Gasteiger partial charge in [-0.1, -0.05) is 31.4 Å². The molecule has 3 aromatic rings. The maximum Gasteiger partial charge on any atom is 0.331 e. The number of aryl methyl sites for hydroxylation is 1. The zero-order valence-corrected chi connectivity index (χ0v) is 21.5. The van der Waals surface area contributed by atoms with Crippen molar-refractivity contribution < 1.29 is 23.5 Å². The van der Waals surface area contributed by atoms with Gasteiger partial charge in [-0.05, 0) is 86.4 Å². The van der Waals surface area contributed by atoms with Crippen LogP contribution in [0.1, 0.15) is 54.6 Å². The van der Waals surface area contributed by atoms with Crippen LogP contribution in [0.3, 0.4) is 0 Å². The van der Waals surface area contributed by atoms with Gasteiger partial charge < -0.3 is 9.30 Å². The summed E-state index contributed by atoms with van der Waals surface area (Å²) in [5.74, 6) is -0.799. The highest BCUT2D eigenvalue weighted by Gasteiger charge is 2.40. The Morgan fingerprint density at radius 2 is 1.66 bits per heavy atom. The highest BCUT2D eigenvalue weighted by atomic mass is 19.1. The molecule has 2 fully saturated rings. The number of barbiturate groups is 1. The van der Waals surface area contributed by atoms with Crippen LogP contribution in [0.15, 0.2) is 60.2 Å². The number of carbonyl (C=O) groups excluding carboxylic acids is 3. The van der Waals surface area contributed by atoms with E-state index >= 15 is 0 Å². The van der Waals surface area contributed by atoms with E-state index in [1.54, 1.807) is 18.2 Å². The molecule has 0 atom stereocenters. The molecule has 0 radical (unpaired) electrons. The molecule has 1 saturated heterocycles. The summed E-state index contributed by atoms with van der Waals surface area (Å²) in [6, 6.07) is 14.9. The number of imide groups is 2. The third-order valence-electron chi connectivity index (χ3n) is 7.26. The molecule has 1 N–H and O–H groups in total. The lowest BCUT2D eigenvalue weighted by Crippen LogP contribution is -2.58. The second-order valence-electron chi connectivity index (χ2n) is 9.86. The summed E-state index contributed by atoms with van der Waals surface area (Å²) in [6.07, 6.45) is 6.13. The minimum absolute atomic E-state index is 0.0278. The van der Waals surface area contributed by atoms with Crippen LogP contribution >= 0.6 is 0 Å². The van der Waals surface area contributed by atoms with Crippen LogP contribution in [0.5, 0.6) is 5.75 Å². The molecule has 7 nitrogen and oxygen atoms in total. The molecule has 2 aromatic carbocycles. The fraction of sp³-hybridized carbons (Fsp3) is 0.300. The summed E-state index contributed by atoms with van der Waals surface area (Å²) >= 11 is 0. The molecular weight excluding hydrogens is 485 g/mol. The highest BCUT2D eigenvalue weighted by Crippen LogP contribution is 2.28. The topological polar surface area (TPSA) is 80.6 Å². The number of rotatable bonds is 6. The standard InChI is InChI=1S/C30H30FN3O4/c1-19-16-22(17-27-28(35)32-30(37)34(29(27)36)24-6-4-3-5-7-24)20(2)33(19)25-12-14-26(15-13-25)38-18-21-8-10-23(31)11-9-21/h8-17,24H,3-7,18H2,1-2H3,(H,32,35,37). The van der Waals surface area contributed by atoms with E-state index in [0.29, 0.717) is 12.4 Å². The molecule has 196 valence electrons. The van der Waals surface area contributed by atoms with Crippen molar-refractivity contribution in [2.24, 2.45) is 0 Å². The molecule has 0 unspecified atom stereocenters. The van der Waals surface area contributed by atoms with Gasteiger partial charge in [0.1, 0.15) is 23.7 Å². The fourth-order valence-electron chi connectivity index (χ4n) is 5.27. The average Bonchev–Trinajstić information content (AvgIpc) is 3.19. The number of hydrogen-bond donors (Lipinski definition) is 1. The van der Waals surface area contributed by atoms with Gasteiger partial charge in [0, 0.05) is 23.1 Å². The van der Waals surface area contributed by atoms with E-state index in [2.05, 4.69) is 5.32 Å². The van der Waals surface area contributed by atoms with Crippen molar-refractivity contribution in [3.8, 4) is 11.4 Å². The molecular formula is C30H30FN3O4. The highest BCUT2D eigenvalue weighted by molar-refractivity contribution is 6.31. The van der Waals surface area contributed by atoms with Crippen molar-refractivity contribution in [1.29, 1.82) is 0 Å². The normalized spacial score (nSPS) is 17.7. The maximum absolute atomic E-state index is 13.3. The molecule has 0 spiro atoms. The Morgan fingerprint density at radius 1 is 0.974 bits per heavy atom. The molecule has 0 bridgehead atoms. The first kappa shape index (κ1) is 25.4. The first-order valence-corrected chi connectivity index (χ1v) is 12.9. The molecule has 5 rings (SSSR count). The number of urea groups is 1. The van der Waals surface area contributed by atoms with E-state index < -0.39 is 17.8 Å². The van der Waals surface area contributed by atoms with Crippen molar-refractivity contribution in [2.45, 2.75) is 58.6 Å². The predicted octanol–water partition coefficient (Wildman–Crippen LogP) is 5.61. The van der Waals surface area contributed by atoms with E-state index in [0.717, 1.165) is 60.3 Å². The first-order valence-electron chi connectivity index (χ1n) is 12.9. The zero-order chi connectivity index (χ0) is 26.8. The van der Waals surface area contributed by atoms with Crippen LogP contribution < -0.4 is 10.1 Å². The van der Waals surface area contributed by atoms with Crippen LogP contribution in [-0.4, -0.2) is 33.4 Å². The summed E-state index contributed by atoms with van der Waals surface area (Å²) in [4.78, 5) is 39.7. The van der Waals surface area contributed by atoms with Crippen molar-refractivity contribution in [3.05, 3.63) is 88.5 Å². The first-order chi connectivity index (χ1) is 18.3. The Kier molecular flexibility index (Phi) is 7.13. The molecule has 1 saturated carbocycles. The quantitative estimate of drug-likeness (QED) is 0.342. The van der Waals surface area contributed by atoms with Gasteiger partial charge in [-0.25, -0.2) is 9.18 Å². The minimum atomic E-state index is -0.667. The van der Waals surface area contributed by atoms with E-state index in [-0.39, 0.29) is 17.4 Å². The van der Waals surface area contributed by atoms with E-state index in [1.807, 2.05) is 48.7 Å². The lowest BCUT2D eigenvalue weighted by molar-refractivity contribution is -0.132. The SMILES string of the molecule is Cc1cc(C=C2C(=O)NC(=O)N(C3CCCCC3)C2=O)c(C)n1-c1ccc(OCc2ccc(F)cc2)cc1. The third-order valence-corrected chi connectivity index (χ3v) is 7.26. The van der Waals surface area contributed by atoms with Crippen LogP contribution in [0.25, 0.3) is 11.8 Å². The number of nitrogens with one attached hydrogen (secondary N) is 1. The molecule has 8 heteroatoms. The zero-order valence-electron chi connectivity index (χ0n) is 21.5. The number of hydrogen-bond acceptors (Lipinski definition) is 4. The molecule has 1 aliphatic carbocycles. The number of carbonyl (C=O) groups is 3. The summed E-state index contributed by atoms with van der Waals surface area (Å²) in [6.45, 7) is 4.21. The van der Waals surface area contributed by atoms with Crippen LogP contribution in [0.4, 0.5) is 9.18 Å². The molecule has 4 amide bonds. The molecule has 38 heavy (non-hydrogen) atoms. The van der Waals surface area contributed by atoms with Gasteiger partial charge in [0.15, 0.2) is 0 Å². The molecule has 1 aromatic heterocycles. The molecule has 2 heterocycles. The van der Waals surface area contributed by atoms with Gasteiger partial charge in [-0.15, -0.1) is 0 Å². The summed E-state index contributed by atoms with van der Waals surface area (Å²) in [7, 11) is 0. The van der Waals surface area contributed by atoms with Gasteiger partial charge in [0.25, 0.3) is 11.8 Å². The van der Waals surface area contributed by atoms with Crippen LogP contribution in [0.2, 0.25) is 0 Å². The Balaban J connectivity index is 1.36. The fourth-order valence-corrected chi connectivity index (χ4v) is 5.27. The van der Waals surface area contributed by atoms with Crippen molar-refractivity contribution in [2.75, 3.05) is 0 Å². The van der Waals surface area contributed by atoms with Crippen molar-refractivity contribution in [3.63, 3.8) is 0 Å². The lowest BCUT2D eigenvalue weighted by atomic mass is 9.93. The smallest absolute Gasteiger partial charge is 0.331 e. The Hall–Kier alpha value is -4.20. The monoisotopic (exact) mass is 515 g/mol. The number of nitrogens with zero attached hydrogens (tertiary/aromatic N) is 2. The van der Waals surface area contributed by atoms with Gasteiger partial charge >= 0.3 is 6.03 Å². The predicted molar refractivity (Wildman–Crippen MR) is 141 cm³/mol.